The van der Waals surface area contributed by atoms with Gasteiger partial charge in [-0.2, -0.15) is 17.9 Å². The van der Waals surface area contributed by atoms with Crippen LogP contribution in [0.4, 0.5) is 0 Å². The Labute approximate surface area is 101 Å². The third-order valence-electron chi connectivity index (χ3n) is 2.14. The molecular weight excluding hydrogens is 222 g/mol. The molecule has 0 N–H and O–H groups in total. The molecule has 0 fully saturated rings. The lowest BCUT2D eigenvalue weighted by Crippen LogP contribution is -1.91. The van der Waals surface area contributed by atoms with Gasteiger partial charge in [-0.15, -0.1) is 11.8 Å². The normalized spacial score (nSPS) is 10.3. The van der Waals surface area contributed by atoms with E-state index in [0.29, 0.717) is 5.92 Å². The van der Waals surface area contributed by atoms with E-state index < -0.39 is 0 Å². The van der Waals surface area contributed by atoms with Crippen molar-refractivity contribution in [2.24, 2.45) is 0 Å². The minimum atomic E-state index is 0.507. The molecule has 0 aromatic heterocycles. The fourth-order valence-corrected chi connectivity index (χ4v) is 2.34. The van der Waals surface area contributed by atoms with Gasteiger partial charge >= 0.3 is 0 Å². The van der Waals surface area contributed by atoms with Crippen molar-refractivity contribution in [1.29, 1.82) is 5.26 Å². The van der Waals surface area contributed by atoms with Crippen LogP contribution in [0.1, 0.15) is 30.9 Å². The quantitative estimate of drug-likeness (QED) is 0.637. The predicted molar refractivity (Wildman–Crippen MR) is 69.8 cm³/mol. The summed E-state index contributed by atoms with van der Waals surface area (Å²) < 4.78 is 0. The van der Waals surface area contributed by atoms with Gasteiger partial charge in [-0.1, -0.05) is 19.9 Å². The number of nitriles is 1. The van der Waals surface area contributed by atoms with Crippen molar-refractivity contribution in [3.8, 4) is 6.07 Å². The zero-order chi connectivity index (χ0) is 11.3. The molecule has 0 saturated heterocycles. The molecule has 1 aromatic carbocycles. The summed E-state index contributed by atoms with van der Waals surface area (Å²) in [5.74, 6) is 2.29. The highest BCUT2D eigenvalue weighted by Crippen LogP contribution is 2.26. The number of hydrogen-bond acceptors (Lipinski definition) is 3. The van der Waals surface area contributed by atoms with E-state index in [2.05, 4.69) is 38.6 Å². The van der Waals surface area contributed by atoms with E-state index in [1.54, 1.807) is 11.8 Å². The molecular formula is C12H15NS2. The van der Waals surface area contributed by atoms with Crippen molar-refractivity contribution in [2.45, 2.75) is 24.7 Å². The van der Waals surface area contributed by atoms with Crippen molar-refractivity contribution in [3.63, 3.8) is 0 Å². The van der Waals surface area contributed by atoms with Crippen molar-refractivity contribution < 1.29 is 0 Å². The molecule has 0 aliphatic heterocycles. The molecule has 15 heavy (non-hydrogen) atoms. The monoisotopic (exact) mass is 237 g/mol. The summed E-state index contributed by atoms with van der Waals surface area (Å²) in [6, 6.07) is 8.30. The van der Waals surface area contributed by atoms with Crippen molar-refractivity contribution >= 4 is 24.4 Å². The highest BCUT2D eigenvalue weighted by atomic mass is 32.2. The van der Waals surface area contributed by atoms with Crippen LogP contribution in [0.15, 0.2) is 23.1 Å². The fraction of sp³-hybridized carbons (Fsp3) is 0.417. The minimum Gasteiger partial charge on any atom is -0.192 e. The lowest BCUT2D eigenvalue weighted by atomic mass is 10.0. The van der Waals surface area contributed by atoms with E-state index in [1.807, 2.05) is 12.1 Å². The SMILES string of the molecule is CC(C)c1ccc(C#N)c(SCCS)c1. The highest BCUT2D eigenvalue weighted by Gasteiger charge is 2.06. The van der Waals surface area contributed by atoms with Gasteiger partial charge in [0.25, 0.3) is 0 Å². The second-order valence-corrected chi connectivity index (χ2v) is 5.18. The maximum absolute atomic E-state index is 8.96. The molecule has 0 radical (unpaired) electrons. The molecule has 0 spiro atoms. The van der Waals surface area contributed by atoms with E-state index in [4.69, 9.17) is 5.26 Å². The zero-order valence-electron chi connectivity index (χ0n) is 9.03. The first-order valence-electron chi connectivity index (χ1n) is 4.96. The standard InChI is InChI=1S/C12H15NS2/c1-9(2)10-3-4-11(8-13)12(7-10)15-6-5-14/h3-4,7,9,14H,5-6H2,1-2H3. The Morgan fingerprint density at radius 1 is 1.47 bits per heavy atom. The molecule has 0 bridgehead atoms. The number of benzene rings is 1. The van der Waals surface area contributed by atoms with E-state index in [-0.39, 0.29) is 0 Å². The van der Waals surface area contributed by atoms with Crippen LogP contribution in [0, 0.1) is 11.3 Å². The number of nitrogens with zero attached hydrogens (tertiary/aromatic N) is 1. The molecule has 0 amide bonds. The van der Waals surface area contributed by atoms with Gasteiger partial charge in [-0.05, 0) is 29.4 Å². The average Bonchev–Trinajstić information content (AvgIpc) is 2.25. The molecule has 1 rings (SSSR count). The summed E-state index contributed by atoms with van der Waals surface area (Å²) in [5, 5.41) is 8.96. The van der Waals surface area contributed by atoms with Crippen LogP contribution >= 0.6 is 24.4 Å². The van der Waals surface area contributed by atoms with Crippen LogP contribution in [0.3, 0.4) is 0 Å². The molecule has 80 valence electrons. The second-order valence-electron chi connectivity index (χ2n) is 3.59. The van der Waals surface area contributed by atoms with Crippen LogP contribution in [-0.2, 0) is 0 Å². The number of thiol groups is 1. The van der Waals surface area contributed by atoms with Gasteiger partial charge in [0.1, 0.15) is 6.07 Å². The molecule has 0 heterocycles. The van der Waals surface area contributed by atoms with E-state index >= 15 is 0 Å². The van der Waals surface area contributed by atoms with Gasteiger partial charge in [0, 0.05) is 10.6 Å². The Morgan fingerprint density at radius 3 is 2.73 bits per heavy atom. The summed E-state index contributed by atoms with van der Waals surface area (Å²) in [5.41, 5.74) is 2.06. The summed E-state index contributed by atoms with van der Waals surface area (Å²) >= 11 is 5.88. The Bertz CT molecular complexity index is 366. The molecule has 1 nitrogen and oxygen atoms in total. The number of hydrogen-bond donors (Lipinski definition) is 1. The fourth-order valence-electron chi connectivity index (χ4n) is 1.27. The first-order valence-corrected chi connectivity index (χ1v) is 6.58. The molecule has 3 heteroatoms. The summed E-state index contributed by atoms with van der Waals surface area (Å²) in [4.78, 5) is 1.08. The summed E-state index contributed by atoms with van der Waals surface area (Å²) in [7, 11) is 0. The first kappa shape index (κ1) is 12.5. The number of rotatable bonds is 4. The second kappa shape index (κ2) is 6.09. The maximum atomic E-state index is 8.96. The van der Waals surface area contributed by atoms with Crippen molar-refractivity contribution in [3.05, 3.63) is 29.3 Å². The van der Waals surface area contributed by atoms with Gasteiger partial charge in [0.05, 0.1) is 5.56 Å². The third kappa shape index (κ3) is 3.48. The average molecular weight is 237 g/mol. The molecule has 1 aromatic rings. The Kier molecular flexibility index (Phi) is 5.07. The Morgan fingerprint density at radius 2 is 2.20 bits per heavy atom. The lowest BCUT2D eigenvalue weighted by molar-refractivity contribution is 0.861. The number of thioether (sulfide) groups is 1. The van der Waals surface area contributed by atoms with E-state index in [9.17, 15) is 0 Å². The van der Waals surface area contributed by atoms with Crippen molar-refractivity contribution in [1.82, 2.24) is 0 Å². The van der Waals surface area contributed by atoms with Crippen LogP contribution in [-0.4, -0.2) is 11.5 Å². The zero-order valence-corrected chi connectivity index (χ0v) is 10.7. The predicted octanol–water partition coefficient (Wildman–Crippen LogP) is 3.70. The van der Waals surface area contributed by atoms with Gasteiger partial charge in [-0.25, -0.2) is 0 Å². The maximum Gasteiger partial charge on any atom is 0.100 e. The molecule has 0 atom stereocenters. The van der Waals surface area contributed by atoms with E-state index in [1.165, 1.54) is 5.56 Å². The van der Waals surface area contributed by atoms with Crippen LogP contribution in [0.2, 0.25) is 0 Å². The van der Waals surface area contributed by atoms with Crippen LogP contribution < -0.4 is 0 Å². The Balaban J connectivity index is 2.98. The van der Waals surface area contributed by atoms with Crippen molar-refractivity contribution in [2.75, 3.05) is 11.5 Å². The summed E-state index contributed by atoms with van der Waals surface area (Å²) in [6.45, 7) is 4.32. The van der Waals surface area contributed by atoms with Crippen LogP contribution in [0.25, 0.3) is 0 Å². The summed E-state index contributed by atoms with van der Waals surface area (Å²) in [6.07, 6.45) is 0. The van der Waals surface area contributed by atoms with E-state index in [0.717, 1.165) is 22.0 Å². The smallest absolute Gasteiger partial charge is 0.100 e. The highest BCUT2D eigenvalue weighted by molar-refractivity contribution is 8.00. The van der Waals surface area contributed by atoms with Crippen LogP contribution in [0.5, 0.6) is 0 Å². The molecule has 0 saturated carbocycles. The topological polar surface area (TPSA) is 23.8 Å². The van der Waals surface area contributed by atoms with Gasteiger partial charge in [0.2, 0.25) is 0 Å². The molecule has 0 aliphatic carbocycles. The lowest BCUT2D eigenvalue weighted by Gasteiger charge is -2.09. The minimum absolute atomic E-state index is 0.507. The van der Waals surface area contributed by atoms with Gasteiger partial charge in [-0.3, -0.25) is 0 Å². The van der Waals surface area contributed by atoms with Gasteiger partial charge in [0.15, 0.2) is 0 Å². The largest absolute Gasteiger partial charge is 0.192 e. The Hall–Kier alpha value is -0.590. The van der Waals surface area contributed by atoms with Gasteiger partial charge < -0.3 is 0 Å². The molecule has 0 aliphatic rings. The molecule has 0 unspecified atom stereocenters. The third-order valence-corrected chi connectivity index (χ3v) is 3.72. The first-order chi connectivity index (χ1) is 7.19.